The van der Waals surface area contributed by atoms with Gasteiger partial charge >= 0.3 is 0 Å². The van der Waals surface area contributed by atoms with Crippen molar-refractivity contribution in [3.8, 4) is 0 Å². The summed E-state index contributed by atoms with van der Waals surface area (Å²) in [6.07, 6.45) is -1.18. The number of fused-ring (bicyclic) bond motifs is 1. The number of rotatable bonds is 5. The molecule has 1 aliphatic heterocycles. The van der Waals surface area contributed by atoms with Gasteiger partial charge in [0.25, 0.3) is 15.9 Å². The fourth-order valence-corrected chi connectivity index (χ4v) is 4.68. The first-order valence-electron chi connectivity index (χ1n) is 8.35. The molecular formula is C18H16Cl3N3O4S. The molecule has 2 aromatic carbocycles. The van der Waals surface area contributed by atoms with Gasteiger partial charge in [-0.05, 0) is 36.8 Å². The number of carbonyl (C=O) groups excluding carboxylic acids is 2. The van der Waals surface area contributed by atoms with Gasteiger partial charge in [0, 0.05) is 5.69 Å². The van der Waals surface area contributed by atoms with Crippen molar-refractivity contribution < 1.29 is 18.0 Å². The zero-order valence-corrected chi connectivity index (χ0v) is 18.1. The number of halogens is 3. The van der Waals surface area contributed by atoms with E-state index in [1.807, 2.05) is 13.0 Å². The van der Waals surface area contributed by atoms with Crippen LogP contribution in [0.5, 0.6) is 0 Å². The fourth-order valence-electron chi connectivity index (χ4n) is 2.83. The number of sulfonamides is 1. The first-order valence-corrected chi connectivity index (χ1v) is 10.9. The molecule has 11 heteroatoms. The van der Waals surface area contributed by atoms with E-state index < -0.39 is 38.3 Å². The van der Waals surface area contributed by atoms with E-state index in [2.05, 4.69) is 10.6 Å². The highest BCUT2D eigenvalue weighted by molar-refractivity contribution is 7.90. The van der Waals surface area contributed by atoms with Gasteiger partial charge in [0.15, 0.2) is 0 Å². The Bertz CT molecular complexity index is 1070. The summed E-state index contributed by atoms with van der Waals surface area (Å²) >= 11 is 17.9. The molecule has 2 aromatic rings. The third-order valence-electron chi connectivity index (χ3n) is 4.16. The van der Waals surface area contributed by atoms with Crippen LogP contribution >= 0.6 is 34.8 Å². The van der Waals surface area contributed by atoms with Gasteiger partial charge in [0.1, 0.15) is 17.6 Å². The second kappa shape index (κ2) is 8.02. The van der Waals surface area contributed by atoms with E-state index in [4.69, 9.17) is 34.8 Å². The summed E-state index contributed by atoms with van der Waals surface area (Å²) in [6.45, 7) is 1.12. The molecule has 0 spiro atoms. The summed E-state index contributed by atoms with van der Waals surface area (Å²) in [5.41, 5.74) is 1.53. The number of alkyl halides is 3. The molecule has 0 aromatic heterocycles. The standard InChI is InChI=1S/C18H16Cl3N3O4S/c1-11-5-4-6-12(9-11)22-17(18(19,20)21)23-15(25)10-24-16(26)13-7-2-3-8-14(13)29(24,27)28/h2-9,17,22H,10H2,1H3,(H,23,25)/t17-/m1/s1. The predicted molar refractivity (Wildman–Crippen MR) is 112 cm³/mol. The lowest BCUT2D eigenvalue weighted by Crippen LogP contribution is -2.52. The van der Waals surface area contributed by atoms with Crippen LogP contribution in [-0.4, -0.2) is 41.0 Å². The van der Waals surface area contributed by atoms with Gasteiger partial charge in [-0.2, -0.15) is 0 Å². The third kappa shape index (κ3) is 4.61. The second-order valence-electron chi connectivity index (χ2n) is 6.37. The number of carbonyl (C=O) groups is 2. The minimum Gasteiger partial charge on any atom is -0.362 e. The molecule has 0 saturated heterocycles. The van der Waals surface area contributed by atoms with Gasteiger partial charge in [0.2, 0.25) is 9.70 Å². The molecule has 1 atom stereocenters. The molecule has 0 radical (unpaired) electrons. The van der Waals surface area contributed by atoms with E-state index >= 15 is 0 Å². The zero-order valence-electron chi connectivity index (χ0n) is 15.0. The first kappa shape index (κ1) is 21.7. The molecule has 0 saturated carbocycles. The van der Waals surface area contributed by atoms with Crippen LogP contribution in [0.3, 0.4) is 0 Å². The molecule has 3 rings (SSSR count). The molecular weight excluding hydrogens is 461 g/mol. The number of aryl methyl sites for hydroxylation is 1. The van der Waals surface area contributed by atoms with Crippen LogP contribution in [0.4, 0.5) is 5.69 Å². The van der Waals surface area contributed by atoms with Crippen LogP contribution in [0, 0.1) is 6.92 Å². The van der Waals surface area contributed by atoms with Crippen molar-refractivity contribution in [2.24, 2.45) is 0 Å². The lowest BCUT2D eigenvalue weighted by atomic mass is 10.2. The SMILES string of the molecule is Cc1cccc(N[C@H](NC(=O)CN2C(=O)c3ccccc3S2(=O)=O)C(Cl)(Cl)Cl)c1. The number of nitrogens with zero attached hydrogens (tertiary/aromatic N) is 1. The van der Waals surface area contributed by atoms with Crippen molar-refractivity contribution >= 4 is 62.3 Å². The Morgan fingerprint density at radius 2 is 1.83 bits per heavy atom. The van der Waals surface area contributed by atoms with Gasteiger partial charge in [-0.3, -0.25) is 9.59 Å². The minimum atomic E-state index is -4.12. The van der Waals surface area contributed by atoms with Crippen LogP contribution in [0.2, 0.25) is 0 Å². The minimum absolute atomic E-state index is 0.0103. The van der Waals surface area contributed by atoms with Gasteiger partial charge < -0.3 is 10.6 Å². The van der Waals surface area contributed by atoms with Crippen molar-refractivity contribution in [2.75, 3.05) is 11.9 Å². The smallest absolute Gasteiger partial charge is 0.269 e. The van der Waals surface area contributed by atoms with Crippen LogP contribution in [0.1, 0.15) is 15.9 Å². The number of amides is 2. The number of nitrogens with one attached hydrogen (secondary N) is 2. The monoisotopic (exact) mass is 475 g/mol. The molecule has 0 unspecified atom stereocenters. The number of benzene rings is 2. The van der Waals surface area contributed by atoms with Gasteiger partial charge in [-0.1, -0.05) is 59.1 Å². The van der Waals surface area contributed by atoms with Crippen LogP contribution in [-0.2, 0) is 14.8 Å². The summed E-state index contributed by atoms with van der Waals surface area (Å²) < 4.78 is 23.7. The summed E-state index contributed by atoms with van der Waals surface area (Å²) in [5, 5.41) is 5.32. The Labute approximate surface area is 183 Å². The Kier molecular flexibility index (Phi) is 6.01. The molecule has 29 heavy (non-hydrogen) atoms. The summed E-state index contributed by atoms with van der Waals surface area (Å²) in [4.78, 5) is 24.8. The maximum absolute atomic E-state index is 12.6. The fraction of sp³-hybridized carbons (Fsp3) is 0.222. The quantitative estimate of drug-likeness (QED) is 0.511. The Hall–Kier alpha value is -2.00. The zero-order chi connectivity index (χ0) is 21.4. The van der Waals surface area contributed by atoms with Gasteiger partial charge in [-0.25, -0.2) is 12.7 Å². The second-order valence-corrected chi connectivity index (χ2v) is 10.6. The molecule has 1 heterocycles. The Morgan fingerprint density at radius 3 is 2.45 bits per heavy atom. The number of hydrogen-bond acceptors (Lipinski definition) is 5. The molecule has 0 fully saturated rings. The Morgan fingerprint density at radius 1 is 1.14 bits per heavy atom. The third-order valence-corrected chi connectivity index (χ3v) is 6.60. The average Bonchev–Trinajstić information content (AvgIpc) is 2.82. The van der Waals surface area contributed by atoms with E-state index in [1.165, 1.54) is 18.2 Å². The average molecular weight is 477 g/mol. The van der Waals surface area contributed by atoms with Crippen LogP contribution in [0.15, 0.2) is 53.4 Å². The van der Waals surface area contributed by atoms with Crippen LogP contribution in [0.25, 0.3) is 0 Å². The Balaban J connectivity index is 1.77. The summed E-state index contributed by atoms with van der Waals surface area (Å²) in [6, 6.07) is 12.9. The van der Waals surface area contributed by atoms with E-state index in [9.17, 15) is 18.0 Å². The molecule has 2 amide bonds. The van der Waals surface area contributed by atoms with E-state index in [0.717, 1.165) is 5.56 Å². The van der Waals surface area contributed by atoms with E-state index in [-0.39, 0.29) is 10.5 Å². The van der Waals surface area contributed by atoms with E-state index in [1.54, 1.807) is 24.3 Å². The first-order chi connectivity index (χ1) is 13.5. The molecule has 0 aliphatic carbocycles. The highest BCUT2D eigenvalue weighted by Gasteiger charge is 2.42. The molecule has 7 nitrogen and oxygen atoms in total. The molecule has 1 aliphatic rings. The van der Waals surface area contributed by atoms with Gasteiger partial charge in [0.05, 0.1) is 5.56 Å². The molecule has 2 N–H and O–H groups in total. The molecule has 154 valence electrons. The lowest BCUT2D eigenvalue weighted by molar-refractivity contribution is -0.121. The highest BCUT2D eigenvalue weighted by atomic mass is 35.6. The van der Waals surface area contributed by atoms with Crippen molar-refractivity contribution in [2.45, 2.75) is 21.8 Å². The van der Waals surface area contributed by atoms with Crippen molar-refractivity contribution in [1.82, 2.24) is 9.62 Å². The summed E-state index contributed by atoms with van der Waals surface area (Å²) in [5.74, 6) is -1.60. The van der Waals surface area contributed by atoms with E-state index in [0.29, 0.717) is 9.99 Å². The maximum Gasteiger partial charge on any atom is 0.269 e. The predicted octanol–water partition coefficient (Wildman–Crippen LogP) is 3.06. The molecule has 0 bridgehead atoms. The van der Waals surface area contributed by atoms with Crippen molar-refractivity contribution in [1.29, 1.82) is 0 Å². The number of hydrogen-bond donors (Lipinski definition) is 2. The van der Waals surface area contributed by atoms with Gasteiger partial charge in [-0.15, -0.1) is 0 Å². The lowest BCUT2D eigenvalue weighted by Gasteiger charge is -2.28. The largest absolute Gasteiger partial charge is 0.362 e. The maximum atomic E-state index is 12.6. The van der Waals surface area contributed by atoms with Crippen LogP contribution < -0.4 is 10.6 Å². The number of anilines is 1. The summed E-state index contributed by atoms with van der Waals surface area (Å²) in [7, 11) is -4.12. The highest BCUT2D eigenvalue weighted by Crippen LogP contribution is 2.32. The van der Waals surface area contributed by atoms with Crippen molar-refractivity contribution in [3.05, 3.63) is 59.7 Å². The topological polar surface area (TPSA) is 95.6 Å². The van der Waals surface area contributed by atoms with Crippen molar-refractivity contribution in [3.63, 3.8) is 0 Å². The normalized spacial score (nSPS) is 16.3.